The first kappa shape index (κ1) is 19.4. The summed E-state index contributed by atoms with van der Waals surface area (Å²) in [4.78, 5) is 15.0. The van der Waals surface area contributed by atoms with Gasteiger partial charge in [0.1, 0.15) is 5.75 Å². The van der Waals surface area contributed by atoms with E-state index < -0.39 is 0 Å². The molecule has 0 atom stereocenters. The number of rotatable bonds is 7. The largest absolute Gasteiger partial charge is 0.496 e. The van der Waals surface area contributed by atoms with Gasteiger partial charge in [0.15, 0.2) is 0 Å². The highest BCUT2D eigenvalue weighted by molar-refractivity contribution is 7.98. The number of carbonyl (C=O) groups excluding carboxylic acids is 1. The molecule has 27 heavy (non-hydrogen) atoms. The van der Waals surface area contributed by atoms with Gasteiger partial charge in [-0.15, -0.1) is 23.5 Å². The molecule has 0 saturated carbocycles. The van der Waals surface area contributed by atoms with Crippen molar-refractivity contribution in [1.82, 2.24) is 0 Å². The second-order valence-electron chi connectivity index (χ2n) is 5.78. The zero-order chi connectivity index (χ0) is 19.1. The molecule has 0 aliphatic rings. The minimum Gasteiger partial charge on any atom is -0.496 e. The van der Waals surface area contributed by atoms with Crippen LogP contribution in [-0.4, -0.2) is 19.3 Å². The third-order valence-corrected chi connectivity index (χ3v) is 5.89. The van der Waals surface area contributed by atoms with Crippen LogP contribution in [0.4, 0.5) is 5.69 Å². The number of hydrogen-bond acceptors (Lipinski definition) is 4. The molecule has 1 N–H and O–H groups in total. The summed E-state index contributed by atoms with van der Waals surface area (Å²) < 4.78 is 5.47. The van der Waals surface area contributed by atoms with Gasteiger partial charge in [-0.25, -0.2) is 0 Å². The van der Waals surface area contributed by atoms with Crippen LogP contribution in [0.5, 0.6) is 5.75 Å². The highest BCUT2D eigenvalue weighted by Crippen LogP contribution is 2.30. The van der Waals surface area contributed by atoms with Crippen molar-refractivity contribution in [3.05, 3.63) is 83.9 Å². The SMILES string of the molecule is COc1ccc(C(=O)Nc2ccccc2SC)cc1CSc1ccccc1. The van der Waals surface area contributed by atoms with E-state index in [1.54, 1.807) is 36.7 Å². The summed E-state index contributed by atoms with van der Waals surface area (Å²) in [6.45, 7) is 0. The highest BCUT2D eigenvalue weighted by Gasteiger charge is 2.12. The Morgan fingerprint density at radius 1 is 1.00 bits per heavy atom. The summed E-state index contributed by atoms with van der Waals surface area (Å²) >= 11 is 3.33. The molecule has 3 rings (SSSR count). The monoisotopic (exact) mass is 395 g/mol. The second kappa shape index (κ2) is 9.53. The molecule has 0 spiro atoms. The van der Waals surface area contributed by atoms with Gasteiger partial charge in [0.25, 0.3) is 5.91 Å². The van der Waals surface area contributed by atoms with Crippen LogP contribution in [0.15, 0.2) is 82.6 Å². The van der Waals surface area contributed by atoms with Crippen molar-refractivity contribution in [2.45, 2.75) is 15.5 Å². The van der Waals surface area contributed by atoms with Gasteiger partial charge in [-0.05, 0) is 48.7 Å². The predicted molar refractivity (Wildman–Crippen MR) is 115 cm³/mol. The van der Waals surface area contributed by atoms with Crippen molar-refractivity contribution in [3.8, 4) is 5.75 Å². The number of benzene rings is 3. The molecule has 5 heteroatoms. The average molecular weight is 396 g/mol. The third-order valence-electron chi connectivity index (χ3n) is 4.04. The molecule has 0 unspecified atom stereocenters. The molecule has 0 bridgehead atoms. The van der Waals surface area contributed by atoms with E-state index in [-0.39, 0.29) is 5.91 Å². The number of nitrogens with one attached hydrogen (secondary N) is 1. The van der Waals surface area contributed by atoms with E-state index in [9.17, 15) is 4.79 Å². The van der Waals surface area contributed by atoms with E-state index in [2.05, 4.69) is 17.4 Å². The minimum absolute atomic E-state index is 0.120. The molecule has 0 aliphatic carbocycles. The molecule has 1 amide bonds. The topological polar surface area (TPSA) is 38.3 Å². The standard InChI is InChI=1S/C22H21NO2S2/c1-25-20-13-12-16(14-17(20)15-27-18-8-4-3-5-9-18)22(24)23-19-10-6-7-11-21(19)26-2/h3-14H,15H2,1-2H3,(H,23,24). The summed E-state index contributed by atoms with van der Waals surface area (Å²) in [6.07, 6.45) is 2.00. The predicted octanol–water partition coefficient (Wildman–Crippen LogP) is 5.96. The average Bonchev–Trinajstić information content (AvgIpc) is 2.73. The van der Waals surface area contributed by atoms with Crippen LogP contribution in [0.3, 0.4) is 0 Å². The molecule has 0 radical (unpaired) electrons. The fraction of sp³-hybridized carbons (Fsp3) is 0.136. The number of carbonyl (C=O) groups is 1. The summed E-state index contributed by atoms with van der Waals surface area (Å²) in [5, 5.41) is 3.01. The van der Waals surface area contributed by atoms with Crippen molar-refractivity contribution >= 4 is 35.1 Å². The maximum Gasteiger partial charge on any atom is 0.255 e. The Morgan fingerprint density at radius 3 is 2.48 bits per heavy atom. The van der Waals surface area contributed by atoms with Crippen molar-refractivity contribution in [3.63, 3.8) is 0 Å². The lowest BCUT2D eigenvalue weighted by Crippen LogP contribution is -2.13. The zero-order valence-electron chi connectivity index (χ0n) is 15.3. The number of anilines is 1. The molecular formula is C22H21NO2S2. The fourth-order valence-electron chi connectivity index (χ4n) is 2.65. The Labute approximate surface area is 168 Å². The van der Waals surface area contributed by atoms with Crippen LogP contribution >= 0.6 is 23.5 Å². The molecule has 0 fully saturated rings. The van der Waals surface area contributed by atoms with E-state index in [1.165, 1.54) is 4.90 Å². The molecule has 0 saturated heterocycles. The van der Waals surface area contributed by atoms with Crippen LogP contribution in [0, 0.1) is 0 Å². The number of hydrogen-bond donors (Lipinski definition) is 1. The molecule has 3 nitrogen and oxygen atoms in total. The highest BCUT2D eigenvalue weighted by atomic mass is 32.2. The van der Waals surface area contributed by atoms with E-state index >= 15 is 0 Å². The van der Waals surface area contributed by atoms with Gasteiger partial charge in [0.2, 0.25) is 0 Å². The minimum atomic E-state index is -0.120. The van der Waals surface area contributed by atoms with Gasteiger partial charge in [-0.3, -0.25) is 4.79 Å². The summed E-state index contributed by atoms with van der Waals surface area (Å²) in [5.41, 5.74) is 2.44. The second-order valence-corrected chi connectivity index (χ2v) is 7.68. The Morgan fingerprint density at radius 2 is 1.74 bits per heavy atom. The maximum atomic E-state index is 12.7. The molecule has 0 aliphatic heterocycles. The first-order chi connectivity index (χ1) is 13.2. The zero-order valence-corrected chi connectivity index (χ0v) is 16.9. The number of para-hydroxylation sites is 1. The number of thioether (sulfide) groups is 2. The smallest absolute Gasteiger partial charge is 0.255 e. The summed E-state index contributed by atoms with van der Waals surface area (Å²) in [5.74, 6) is 1.40. The van der Waals surface area contributed by atoms with Gasteiger partial charge in [0, 0.05) is 26.7 Å². The van der Waals surface area contributed by atoms with Gasteiger partial charge in [-0.1, -0.05) is 30.3 Å². The normalized spacial score (nSPS) is 10.4. The Bertz CT molecular complexity index is 913. The lowest BCUT2D eigenvalue weighted by molar-refractivity contribution is 0.102. The van der Waals surface area contributed by atoms with Crippen molar-refractivity contribution in [1.29, 1.82) is 0 Å². The van der Waals surface area contributed by atoms with Crippen LogP contribution in [0.25, 0.3) is 0 Å². The summed E-state index contributed by atoms with van der Waals surface area (Å²) in [6, 6.07) is 23.6. The van der Waals surface area contributed by atoms with E-state index in [4.69, 9.17) is 4.74 Å². The van der Waals surface area contributed by atoms with Crippen molar-refractivity contribution in [2.75, 3.05) is 18.7 Å². The van der Waals surface area contributed by atoms with Crippen LogP contribution in [0.2, 0.25) is 0 Å². The fourth-order valence-corrected chi connectivity index (χ4v) is 4.10. The van der Waals surface area contributed by atoms with Crippen molar-refractivity contribution < 1.29 is 9.53 Å². The molecule has 138 valence electrons. The van der Waals surface area contributed by atoms with Crippen molar-refractivity contribution in [2.24, 2.45) is 0 Å². The van der Waals surface area contributed by atoms with Gasteiger partial charge in [-0.2, -0.15) is 0 Å². The summed E-state index contributed by atoms with van der Waals surface area (Å²) in [7, 11) is 1.65. The van der Waals surface area contributed by atoms with Gasteiger partial charge < -0.3 is 10.1 Å². The third kappa shape index (κ3) is 5.08. The van der Waals surface area contributed by atoms with Crippen LogP contribution in [-0.2, 0) is 5.75 Å². The first-order valence-electron chi connectivity index (χ1n) is 8.50. The first-order valence-corrected chi connectivity index (χ1v) is 10.7. The Kier molecular flexibility index (Phi) is 6.85. The molecule has 3 aromatic carbocycles. The number of methoxy groups -OCH3 is 1. The lowest BCUT2D eigenvalue weighted by Gasteiger charge is -2.12. The number of amides is 1. The molecule has 0 heterocycles. The molecular weight excluding hydrogens is 374 g/mol. The van der Waals surface area contributed by atoms with Crippen LogP contribution in [0.1, 0.15) is 15.9 Å². The quantitative estimate of drug-likeness (QED) is 0.501. The van der Waals surface area contributed by atoms with E-state index in [0.29, 0.717) is 5.56 Å². The lowest BCUT2D eigenvalue weighted by atomic mass is 10.1. The van der Waals surface area contributed by atoms with Crippen LogP contribution < -0.4 is 10.1 Å². The van der Waals surface area contributed by atoms with E-state index in [1.807, 2.05) is 60.9 Å². The van der Waals surface area contributed by atoms with E-state index in [0.717, 1.165) is 27.6 Å². The Hall–Kier alpha value is -2.37. The molecule has 3 aromatic rings. The molecule has 0 aromatic heterocycles. The Balaban J connectivity index is 1.78. The van der Waals surface area contributed by atoms with Gasteiger partial charge >= 0.3 is 0 Å². The number of ether oxygens (including phenoxy) is 1. The maximum absolute atomic E-state index is 12.7. The van der Waals surface area contributed by atoms with Gasteiger partial charge in [0.05, 0.1) is 12.8 Å².